The predicted octanol–water partition coefficient (Wildman–Crippen LogP) is 8.46. The Kier molecular flexibility index (Phi) is 5.76. The molecular weight excluding hydrogens is 476 g/mol. The van der Waals surface area contributed by atoms with Gasteiger partial charge in [-0.1, -0.05) is 146 Å². The summed E-state index contributed by atoms with van der Waals surface area (Å²) in [6.07, 6.45) is 0. The van der Waals surface area contributed by atoms with E-state index in [4.69, 9.17) is 15.1 Å². The number of rotatable bonds is 5. The molecule has 0 radical (unpaired) electrons. The molecule has 5 aromatic carbocycles. The van der Waals surface area contributed by atoms with E-state index in [1.165, 1.54) is 0 Å². The minimum Gasteiger partial charge on any atom is -0.209 e. The van der Waals surface area contributed by atoms with E-state index in [1.807, 2.05) is 65.2 Å². The van der Waals surface area contributed by atoms with Gasteiger partial charge in [0.2, 0.25) is 0 Å². The first-order valence-corrected chi connectivity index (χ1v) is 13.0. The molecule has 0 aliphatic rings. The van der Waals surface area contributed by atoms with Crippen molar-refractivity contribution in [2.45, 2.75) is 0 Å². The molecule has 0 atom stereocenters. The van der Waals surface area contributed by atoms with E-state index >= 15 is 0 Å². The molecule has 0 fully saturated rings. The number of fused-ring (bicyclic) bond motifs is 1. The highest BCUT2D eigenvalue weighted by molar-refractivity contribution is 5.90. The SMILES string of the molecule is c1ccc(-c2ccccc2-c2nc3nc(-c4ccccc4)c(-c4ccccc4)nn3c2-c2ccccc2)cc1. The summed E-state index contributed by atoms with van der Waals surface area (Å²) in [5.74, 6) is 0.560. The van der Waals surface area contributed by atoms with Gasteiger partial charge >= 0.3 is 0 Å². The number of benzene rings is 5. The van der Waals surface area contributed by atoms with Gasteiger partial charge in [0.25, 0.3) is 5.78 Å². The second kappa shape index (κ2) is 9.84. The Hall–Kier alpha value is -5.35. The highest BCUT2D eigenvalue weighted by Crippen LogP contribution is 2.39. The molecule has 0 spiro atoms. The van der Waals surface area contributed by atoms with E-state index in [0.29, 0.717) is 5.78 Å². The zero-order valence-electron chi connectivity index (χ0n) is 21.1. The maximum atomic E-state index is 5.24. The summed E-state index contributed by atoms with van der Waals surface area (Å²) < 4.78 is 1.90. The van der Waals surface area contributed by atoms with E-state index in [9.17, 15) is 0 Å². The van der Waals surface area contributed by atoms with Gasteiger partial charge in [-0.3, -0.25) is 0 Å². The van der Waals surface area contributed by atoms with Crippen molar-refractivity contribution in [2.24, 2.45) is 0 Å². The summed E-state index contributed by atoms with van der Waals surface area (Å²) in [6.45, 7) is 0. The van der Waals surface area contributed by atoms with Crippen molar-refractivity contribution in [2.75, 3.05) is 0 Å². The van der Waals surface area contributed by atoms with E-state index in [-0.39, 0.29) is 0 Å². The summed E-state index contributed by atoms with van der Waals surface area (Å²) in [5.41, 5.74) is 9.72. The van der Waals surface area contributed by atoms with Crippen molar-refractivity contribution in [3.8, 4) is 56.2 Å². The fraction of sp³-hybridized carbons (Fsp3) is 0. The topological polar surface area (TPSA) is 43.1 Å². The molecule has 2 aromatic heterocycles. The molecule has 0 aliphatic carbocycles. The van der Waals surface area contributed by atoms with Crippen LogP contribution in [0.25, 0.3) is 61.9 Å². The molecule has 0 saturated heterocycles. The Bertz CT molecular complexity index is 1880. The van der Waals surface area contributed by atoms with Gasteiger partial charge in [-0.2, -0.15) is 9.61 Å². The van der Waals surface area contributed by atoms with Gasteiger partial charge in [-0.15, -0.1) is 0 Å². The summed E-state index contributed by atoms with van der Waals surface area (Å²) >= 11 is 0. The zero-order valence-corrected chi connectivity index (χ0v) is 21.1. The first-order valence-electron chi connectivity index (χ1n) is 13.0. The molecule has 0 N–H and O–H groups in total. The molecular formula is C35H24N4. The van der Waals surface area contributed by atoms with Crippen LogP contribution in [-0.2, 0) is 0 Å². The Morgan fingerprint density at radius 3 is 1.38 bits per heavy atom. The number of nitrogens with zero attached hydrogens (tertiary/aromatic N) is 4. The molecule has 0 amide bonds. The van der Waals surface area contributed by atoms with Crippen LogP contribution in [0.1, 0.15) is 0 Å². The van der Waals surface area contributed by atoms with E-state index in [0.717, 1.165) is 56.2 Å². The van der Waals surface area contributed by atoms with E-state index in [1.54, 1.807) is 0 Å². The molecule has 0 aliphatic heterocycles. The fourth-order valence-electron chi connectivity index (χ4n) is 5.06. The molecule has 4 nitrogen and oxygen atoms in total. The molecule has 0 saturated carbocycles. The smallest absolute Gasteiger partial charge is 0.209 e. The maximum Gasteiger partial charge on any atom is 0.252 e. The van der Waals surface area contributed by atoms with E-state index in [2.05, 4.69) is 84.9 Å². The van der Waals surface area contributed by atoms with Crippen LogP contribution in [0, 0.1) is 0 Å². The predicted molar refractivity (Wildman–Crippen MR) is 158 cm³/mol. The molecule has 39 heavy (non-hydrogen) atoms. The van der Waals surface area contributed by atoms with Crippen molar-refractivity contribution in [3.63, 3.8) is 0 Å². The van der Waals surface area contributed by atoms with Gasteiger partial charge in [0.05, 0.1) is 0 Å². The minimum absolute atomic E-state index is 0.560. The second-order valence-corrected chi connectivity index (χ2v) is 9.34. The van der Waals surface area contributed by atoms with E-state index < -0.39 is 0 Å². The van der Waals surface area contributed by atoms with Gasteiger partial charge < -0.3 is 0 Å². The quantitative estimate of drug-likeness (QED) is 0.238. The highest BCUT2D eigenvalue weighted by Gasteiger charge is 2.23. The number of aromatic nitrogens is 4. The molecule has 4 heteroatoms. The van der Waals surface area contributed by atoms with Crippen LogP contribution in [0.5, 0.6) is 0 Å². The van der Waals surface area contributed by atoms with Crippen molar-refractivity contribution in [1.29, 1.82) is 0 Å². The minimum atomic E-state index is 0.560. The van der Waals surface area contributed by atoms with Crippen molar-refractivity contribution >= 4 is 5.78 Å². The number of imidazole rings is 1. The van der Waals surface area contributed by atoms with Gasteiger partial charge in [0, 0.05) is 22.3 Å². The number of hydrogen-bond donors (Lipinski definition) is 0. The van der Waals surface area contributed by atoms with Gasteiger partial charge in [-0.25, -0.2) is 9.97 Å². The zero-order chi connectivity index (χ0) is 26.0. The first kappa shape index (κ1) is 22.8. The third-order valence-electron chi connectivity index (χ3n) is 6.88. The van der Waals surface area contributed by atoms with Crippen LogP contribution in [-0.4, -0.2) is 19.6 Å². The van der Waals surface area contributed by atoms with Crippen LogP contribution in [0.15, 0.2) is 146 Å². The van der Waals surface area contributed by atoms with Gasteiger partial charge in [-0.05, 0) is 11.1 Å². The lowest BCUT2D eigenvalue weighted by atomic mass is 9.95. The lowest BCUT2D eigenvalue weighted by Crippen LogP contribution is -2.03. The van der Waals surface area contributed by atoms with Crippen LogP contribution in [0.3, 0.4) is 0 Å². The average molecular weight is 501 g/mol. The Morgan fingerprint density at radius 2 is 0.795 bits per heavy atom. The molecule has 0 bridgehead atoms. The summed E-state index contributed by atoms with van der Waals surface area (Å²) in [6, 6.07) is 49.6. The highest BCUT2D eigenvalue weighted by atomic mass is 15.3. The summed E-state index contributed by atoms with van der Waals surface area (Å²) in [7, 11) is 0. The second-order valence-electron chi connectivity index (χ2n) is 9.34. The molecule has 0 unspecified atom stereocenters. The first-order chi connectivity index (χ1) is 19.4. The van der Waals surface area contributed by atoms with Crippen LogP contribution in [0.4, 0.5) is 0 Å². The number of hydrogen-bond acceptors (Lipinski definition) is 3. The third kappa shape index (κ3) is 4.18. The van der Waals surface area contributed by atoms with Crippen LogP contribution in [0.2, 0.25) is 0 Å². The van der Waals surface area contributed by atoms with Gasteiger partial charge in [0.15, 0.2) is 0 Å². The van der Waals surface area contributed by atoms with Crippen molar-refractivity contribution in [3.05, 3.63) is 146 Å². The fourth-order valence-corrected chi connectivity index (χ4v) is 5.06. The Morgan fingerprint density at radius 1 is 0.359 bits per heavy atom. The average Bonchev–Trinajstić information content (AvgIpc) is 3.40. The summed E-state index contributed by atoms with van der Waals surface area (Å²) in [5, 5.41) is 5.24. The molecule has 2 heterocycles. The molecule has 184 valence electrons. The summed E-state index contributed by atoms with van der Waals surface area (Å²) in [4.78, 5) is 10.3. The third-order valence-corrected chi connectivity index (χ3v) is 6.88. The van der Waals surface area contributed by atoms with Gasteiger partial charge in [0.1, 0.15) is 22.8 Å². The van der Waals surface area contributed by atoms with Crippen LogP contribution < -0.4 is 0 Å². The maximum absolute atomic E-state index is 5.24. The monoisotopic (exact) mass is 500 g/mol. The molecule has 7 rings (SSSR count). The van der Waals surface area contributed by atoms with Crippen LogP contribution >= 0.6 is 0 Å². The lowest BCUT2D eigenvalue weighted by molar-refractivity contribution is 0.918. The van der Waals surface area contributed by atoms with Crippen molar-refractivity contribution < 1.29 is 0 Å². The lowest BCUT2D eigenvalue weighted by Gasteiger charge is -2.12. The van der Waals surface area contributed by atoms with Crippen molar-refractivity contribution in [1.82, 2.24) is 19.6 Å². The normalized spacial score (nSPS) is 11.1. The largest absolute Gasteiger partial charge is 0.252 e. The standard InChI is InChI=1S/C35H24N4/c1-5-15-25(16-6-1)29-23-13-14-24-30(29)33-34(28-21-11-4-12-22-28)39-35(37-33)36-31(26-17-7-2-8-18-26)32(38-39)27-19-9-3-10-20-27/h1-24H. The Balaban J connectivity index is 1.57. The molecule has 7 aromatic rings. The Labute approximate surface area is 226 Å².